The maximum Gasteiger partial charge on any atom is 0.311 e. The number of rotatable bonds is 12. The molecule has 1 heterocycles. The number of esters is 2. The SMILES string of the molecule is CCCCOC(=O)C(CCCC)CC(C)(C)C(=O)OCC1CO1. The molecule has 1 aliphatic rings. The molecule has 0 aromatic heterocycles. The summed E-state index contributed by atoms with van der Waals surface area (Å²) < 4.78 is 15.7. The van der Waals surface area contributed by atoms with Crippen molar-refractivity contribution in [1.29, 1.82) is 0 Å². The Balaban J connectivity index is 2.53. The minimum absolute atomic E-state index is 0.0599. The average Bonchev–Trinajstić information content (AvgIpc) is 3.33. The number of epoxide rings is 1. The molecule has 0 amide bonds. The van der Waals surface area contributed by atoms with E-state index in [0.29, 0.717) is 26.2 Å². The summed E-state index contributed by atoms with van der Waals surface area (Å²) in [6.45, 7) is 9.25. The number of carbonyl (C=O) groups is 2. The van der Waals surface area contributed by atoms with E-state index in [2.05, 4.69) is 13.8 Å². The second-order valence-electron chi connectivity index (χ2n) is 7.00. The predicted octanol–water partition coefficient (Wildman–Crippen LogP) is 3.49. The first-order valence-electron chi connectivity index (χ1n) is 8.86. The first kappa shape index (κ1) is 19.9. The molecule has 1 saturated heterocycles. The van der Waals surface area contributed by atoms with Crippen LogP contribution < -0.4 is 0 Å². The molecule has 0 radical (unpaired) electrons. The summed E-state index contributed by atoms with van der Waals surface area (Å²) in [7, 11) is 0. The van der Waals surface area contributed by atoms with Crippen LogP contribution in [0, 0.1) is 11.3 Å². The van der Waals surface area contributed by atoms with Crippen LogP contribution in [0.2, 0.25) is 0 Å². The smallest absolute Gasteiger partial charge is 0.311 e. The zero-order valence-corrected chi connectivity index (χ0v) is 15.1. The second-order valence-corrected chi connectivity index (χ2v) is 7.00. The molecule has 5 nitrogen and oxygen atoms in total. The quantitative estimate of drug-likeness (QED) is 0.312. The lowest BCUT2D eigenvalue weighted by atomic mass is 9.81. The van der Waals surface area contributed by atoms with Gasteiger partial charge in [0.05, 0.1) is 24.5 Å². The molecule has 2 unspecified atom stereocenters. The van der Waals surface area contributed by atoms with Gasteiger partial charge in [0, 0.05) is 0 Å². The van der Waals surface area contributed by atoms with Crippen LogP contribution >= 0.6 is 0 Å². The number of unbranched alkanes of at least 4 members (excludes halogenated alkanes) is 2. The highest BCUT2D eigenvalue weighted by Crippen LogP contribution is 2.31. The van der Waals surface area contributed by atoms with Crippen LogP contribution in [0.15, 0.2) is 0 Å². The van der Waals surface area contributed by atoms with Gasteiger partial charge in [-0.05, 0) is 33.1 Å². The summed E-state index contributed by atoms with van der Waals surface area (Å²) in [5, 5.41) is 0. The van der Waals surface area contributed by atoms with Crippen LogP contribution in [-0.4, -0.2) is 37.9 Å². The minimum Gasteiger partial charge on any atom is -0.465 e. The summed E-state index contributed by atoms with van der Waals surface area (Å²) in [6, 6.07) is 0. The largest absolute Gasteiger partial charge is 0.465 e. The standard InChI is InChI=1S/C18H32O5/c1-5-7-9-14(16(19)21-10-8-6-2)11-18(3,4)17(20)23-13-15-12-22-15/h14-15H,5-13H2,1-4H3. The van der Waals surface area contributed by atoms with Crippen molar-refractivity contribution in [3.8, 4) is 0 Å². The van der Waals surface area contributed by atoms with Crippen molar-refractivity contribution in [3.05, 3.63) is 0 Å². The van der Waals surface area contributed by atoms with Gasteiger partial charge in [0.25, 0.3) is 0 Å². The number of carbonyl (C=O) groups excluding carboxylic acids is 2. The van der Waals surface area contributed by atoms with Gasteiger partial charge in [0.2, 0.25) is 0 Å². The van der Waals surface area contributed by atoms with E-state index < -0.39 is 5.41 Å². The Morgan fingerprint density at radius 2 is 1.83 bits per heavy atom. The number of hydrogen-bond acceptors (Lipinski definition) is 5. The lowest BCUT2D eigenvalue weighted by Crippen LogP contribution is -2.33. The summed E-state index contributed by atoms with van der Waals surface area (Å²) in [5.74, 6) is -0.694. The maximum atomic E-state index is 12.3. The van der Waals surface area contributed by atoms with Crippen LogP contribution in [0.1, 0.15) is 66.2 Å². The monoisotopic (exact) mass is 328 g/mol. The molecule has 134 valence electrons. The molecule has 23 heavy (non-hydrogen) atoms. The van der Waals surface area contributed by atoms with Crippen molar-refractivity contribution in [1.82, 2.24) is 0 Å². The molecule has 1 aliphatic heterocycles. The van der Waals surface area contributed by atoms with Gasteiger partial charge >= 0.3 is 11.9 Å². The highest BCUT2D eigenvalue weighted by molar-refractivity contribution is 5.78. The Morgan fingerprint density at radius 1 is 1.17 bits per heavy atom. The summed E-state index contributed by atoms with van der Waals surface area (Å²) in [4.78, 5) is 24.6. The molecular weight excluding hydrogens is 296 g/mol. The summed E-state index contributed by atoms with van der Waals surface area (Å²) in [5.41, 5.74) is -0.697. The van der Waals surface area contributed by atoms with Gasteiger partial charge in [-0.3, -0.25) is 9.59 Å². The van der Waals surface area contributed by atoms with Crippen LogP contribution in [0.25, 0.3) is 0 Å². The van der Waals surface area contributed by atoms with Gasteiger partial charge in [0.1, 0.15) is 12.7 Å². The fourth-order valence-electron chi connectivity index (χ4n) is 2.42. The number of hydrogen-bond donors (Lipinski definition) is 0. The van der Waals surface area contributed by atoms with E-state index in [1.54, 1.807) is 0 Å². The highest BCUT2D eigenvalue weighted by atomic mass is 16.6. The van der Waals surface area contributed by atoms with Gasteiger partial charge in [-0.1, -0.05) is 33.1 Å². The van der Waals surface area contributed by atoms with E-state index >= 15 is 0 Å². The second kappa shape index (κ2) is 9.91. The average molecular weight is 328 g/mol. The molecular formula is C18H32O5. The fraction of sp³-hybridized carbons (Fsp3) is 0.889. The normalized spacial score (nSPS) is 18.3. The molecule has 1 rings (SSSR count). The lowest BCUT2D eigenvalue weighted by Gasteiger charge is -2.27. The van der Waals surface area contributed by atoms with E-state index in [0.717, 1.165) is 32.1 Å². The van der Waals surface area contributed by atoms with Crippen molar-refractivity contribution in [2.75, 3.05) is 19.8 Å². The molecule has 0 N–H and O–H groups in total. The zero-order valence-electron chi connectivity index (χ0n) is 15.1. The van der Waals surface area contributed by atoms with Crippen molar-refractivity contribution in [2.24, 2.45) is 11.3 Å². The lowest BCUT2D eigenvalue weighted by molar-refractivity contribution is -0.158. The van der Waals surface area contributed by atoms with Crippen LogP contribution in [-0.2, 0) is 23.8 Å². The van der Waals surface area contributed by atoms with Gasteiger partial charge < -0.3 is 14.2 Å². The van der Waals surface area contributed by atoms with E-state index in [1.807, 2.05) is 13.8 Å². The van der Waals surface area contributed by atoms with Crippen LogP contribution in [0.4, 0.5) is 0 Å². The maximum absolute atomic E-state index is 12.3. The summed E-state index contributed by atoms with van der Waals surface area (Å²) in [6.07, 6.45) is 5.11. The van der Waals surface area contributed by atoms with E-state index in [4.69, 9.17) is 14.2 Å². The highest BCUT2D eigenvalue weighted by Gasteiger charge is 2.36. The Bertz CT molecular complexity index is 374. The molecule has 0 aromatic carbocycles. The van der Waals surface area contributed by atoms with E-state index in [1.165, 1.54) is 0 Å². The Labute approximate surface area is 140 Å². The summed E-state index contributed by atoms with van der Waals surface area (Å²) >= 11 is 0. The first-order valence-corrected chi connectivity index (χ1v) is 8.86. The van der Waals surface area contributed by atoms with Gasteiger partial charge in [-0.15, -0.1) is 0 Å². The molecule has 0 aromatic rings. The molecule has 2 atom stereocenters. The third-order valence-electron chi connectivity index (χ3n) is 4.09. The van der Waals surface area contributed by atoms with E-state index in [9.17, 15) is 9.59 Å². The topological polar surface area (TPSA) is 65.1 Å². The van der Waals surface area contributed by atoms with Crippen LogP contribution in [0.5, 0.6) is 0 Å². The molecule has 0 spiro atoms. The van der Waals surface area contributed by atoms with Crippen molar-refractivity contribution >= 4 is 11.9 Å². The van der Waals surface area contributed by atoms with Gasteiger partial charge in [-0.2, -0.15) is 0 Å². The Kier molecular flexibility index (Phi) is 8.59. The van der Waals surface area contributed by atoms with Crippen molar-refractivity contribution in [3.63, 3.8) is 0 Å². The Hall–Kier alpha value is -1.10. The molecule has 0 saturated carbocycles. The van der Waals surface area contributed by atoms with E-state index in [-0.39, 0.29) is 24.0 Å². The zero-order chi connectivity index (χ0) is 17.3. The van der Waals surface area contributed by atoms with Gasteiger partial charge in [0.15, 0.2) is 0 Å². The predicted molar refractivity (Wildman–Crippen MR) is 88.0 cm³/mol. The van der Waals surface area contributed by atoms with Gasteiger partial charge in [-0.25, -0.2) is 0 Å². The molecule has 5 heteroatoms. The third kappa shape index (κ3) is 7.82. The fourth-order valence-corrected chi connectivity index (χ4v) is 2.42. The molecule has 0 aliphatic carbocycles. The molecule has 0 bridgehead atoms. The van der Waals surface area contributed by atoms with Crippen LogP contribution in [0.3, 0.4) is 0 Å². The third-order valence-corrected chi connectivity index (χ3v) is 4.09. The van der Waals surface area contributed by atoms with Crippen molar-refractivity contribution in [2.45, 2.75) is 72.3 Å². The minimum atomic E-state index is -0.697. The Morgan fingerprint density at radius 3 is 2.39 bits per heavy atom. The molecule has 1 fully saturated rings. The first-order chi connectivity index (χ1) is 10.9. The number of ether oxygens (including phenoxy) is 3. The van der Waals surface area contributed by atoms with Crippen molar-refractivity contribution < 1.29 is 23.8 Å².